The van der Waals surface area contributed by atoms with Crippen LogP contribution in [-0.2, 0) is 25.6 Å². The van der Waals surface area contributed by atoms with Gasteiger partial charge in [-0.2, -0.15) is 0 Å². The molecule has 0 radical (unpaired) electrons. The predicted molar refractivity (Wildman–Crippen MR) is 81.3 cm³/mol. The molecule has 0 saturated carbocycles. The number of carbonyl (C=O) groups excluding carboxylic acids is 2. The number of carbonyl (C=O) groups is 2. The molecule has 0 heterocycles. The van der Waals surface area contributed by atoms with E-state index in [4.69, 9.17) is 9.47 Å². The van der Waals surface area contributed by atoms with Crippen molar-refractivity contribution < 1.29 is 23.8 Å². The fourth-order valence-electron chi connectivity index (χ4n) is 1.55. The summed E-state index contributed by atoms with van der Waals surface area (Å²) in [5.74, 6) is -0.582. The Hall–Kier alpha value is -2.08. The Morgan fingerprint density at radius 2 is 1.82 bits per heavy atom. The molecule has 6 heteroatoms. The first kappa shape index (κ1) is 18.0. The Labute approximate surface area is 130 Å². The lowest BCUT2D eigenvalue weighted by atomic mass is 10.2. The van der Waals surface area contributed by atoms with Gasteiger partial charge in [-0.25, -0.2) is 9.59 Å². The van der Waals surface area contributed by atoms with E-state index >= 15 is 0 Å². The minimum absolute atomic E-state index is 0.0105. The van der Waals surface area contributed by atoms with E-state index in [1.807, 2.05) is 51.1 Å². The van der Waals surface area contributed by atoms with E-state index in [0.717, 1.165) is 5.56 Å². The molecule has 1 amide bonds. The highest BCUT2D eigenvalue weighted by atomic mass is 16.6. The van der Waals surface area contributed by atoms with Crippen molar-refractivity contribution in [3.05, 3.63) is 35.9 Å². The molecule has 122 valence electrons. The fraction of sp³-hybridized carbons (Fsp3) is 0.500. The second kappa shape index (κ2) is 8.38. The summed E-state index contributed by atoms with van der Waals surface area (Å²) < 4.78 is 15.2. The van der Waals surface area contributed by atoms with Gasteiger partial charge in [0.1, 0.15) is 6.61 Å². The van der Waals surface area contributed by atoms with Crippen molar-refractivity contribution in [2.75, 3.05) is 13.7 Å². The van der Waals surface area contributed by atoms with Gasteiger partial charge in [0.2, 0.25) is 0 Å². The van der Waals surface area contributed by atoms with E-state index in [1.54, 1.807) is 0 Å². The molecule has 1 aromatic carbocycles. The number of nitrogens with one attached hydrogen (secondary N) is 1. The van der Waals surface area contributed by atoms with E-state index in [0.29, 0.717) is 0 Å². The third-order valence-electron chi connectivity index (χ3n) is 2.67. The summed E-state index contributed by atoms with van der Waals surface area (Å²) in [6.07, 6.45) is -0.697. The zero-order valence-electron chi connectivity index (χ0n) is 13.4. The van der Waals surface area contributed by atoms with Gasteiger partial charge in [-0.1, -0.05) is 30.3 Å². The normalized spacial score (nSPS) is 12.4. The molecule has 1 N–H and O–H groups in total. The second-order valence-corrected chi connectivity index (χ2v) is 5.71. The Morgan fingerprint density at radius 3 is 2.36 bits per heavy atom. The van der Waals surface area contributed by atoms with E-state index in [-0.39, 0.29) is 13.2 Å². The van der Waals surface area contributed by atoms with Gasteiger partial charge in [0, 0.05) is 0 Å². The molecular formula is C16H23NO5. The number of hydrogen-bond donors (Lipinski definition) is 1. The lowest BCUT2D eigenvalue weighted by Gasteiger charge is -2.23. The number of benzene rings is 1. The van der Waals surface area contributed by atoms with Crippen LogP contribution in [0.3, 0.4) is 0 Å². The second-order valence-electron chi connectivity index (χ2n) is 5.71. The van der Waals surface area contributed by atoms with Crippen LogP contribution in [-0.4, -0.2) is 37.4 Å². The molecule has 0 spiro atoms. The summed E-state index contributed by atoms with van der Waals surface area (Å²) >= 11 is 0. The number of amides is 1. The summed E-state index contributed by atoms with van der Waals surface area (Å²) in [6.45, 7) is 5.70. The fourth-order valence-corrected chi connectivity index (χ4v) is 1.55. The SMILES string of the molecule is COC(=O)[C@H](COC(C)(C)C)NC(=O)OCc1ccccc1. The molecule has 6 nitrogen and oxygen atoms in total. The first-order chi connectivity index (χ1) is 10.3. The highest BCUT2D eigenvalue weighted by molar-refractivity contribution is 5.81. The summed E-state index contributed by atoms with van der Waals surface area (Å²) in [7, 11) is 1.25. The monoisotopic (exact) mass is 309 g/mol. The molecule has 1 aromatic rings. The standard InChI is InChI=1S/C16H23NO5/c1-16(2,3)22-11-13(14(18)20-4)17-15(19)21-10-12-8-6-5-7-9-12/h5-9,13H,10-11H2,1-4H3,(H,17,19)/t13-/m0/s1. The lowest BCUT2D eigenvalue weighted by Crippen LogP contribution is -2.46. The van der Waals surface area contributed by atoms with Crippen LogP contribution in [0.1, 0.15) is 26.3 Å². The maximum Gasteiger partial charge on any atom is 0.408 e. The van der Waals surface area contributed by atoms with E-state index < -0.39 is 23.7 Å². The predicted octanol–water partition coefficient (Wildman–Crippen LogP) is 2.27. The van der Waals surface area contributed by atoms with Gasteiger partial charge in [0.25, 0.3) is 0 Å². The third kappa shape index (κ3) is 7.08. The summed E-state index contributed by atoms with van der Waals surface area (Å²) in [5, 5.41) is 2.45. The number of methoxy groups -OCH3 is 1. The minimum Gasteiger partial charge on any atom is -0.467 e. The van der Waals surface area contributed by atoms with Gasteiger partial charge in [-0.15, -0.1) is 0 Å². The van der Waals surface area contributed by atoms with Gasteiger partial charge in [-0.05, 0) is 26.3 Å². The van der Waals surface area contributed by atoms with E-state index in [1.165, 1.54) is 7.11 Å². The molecule has 0 aliphatic carbocycles. The molecule has 0 fully saturated rings. The van der Waals surface area contributed by atoms with Gasteiger partial charge in [0.05, 0.1) is 19.3 Å². The van der Waals surface area contributed by atoms with Crippen molar-refractivity contribution in [3.63, 3.8) is 0 Å². The lowest BCUT2D eigenvalue weighted by molar-refractivity contribution is -0.146. The highest BCUT2D eigenvalue weighted by Gasteiger charge is 2.25. The van der Waals surface area contributed by atoms with Crippen LogP contribution in [0.25, 0.3) is 0 Å². The zero-order valence-corrected chi connectivity index (χ0v) is 13.4. The molecule has 0 saturated heterocycles. The van der Waals surface area contributed by atoms with Crippen molar-refractivity contribution >= 4 is 12.1 Å². The molecule has 1 rings (SSSR count). The highest BCUT2D eigenvalue weighted by Crippen LogP contribution is 2.08. The van der Waals surface area contributed by atoms with Crippen molar-refractivity contribution in [2.45, 2.75) is 39.0 Å². The number of rotatable bonds is 6. The summed E-state index contributed by atoms with van der Waals surface area (Å²) in [4.78, 5) is 23.4. The van der Waals surface area contributed by atoms with Crippen molar-refractivity contribution in [2.24, 2.45) is 0 Å². The first-order valence-corrected chi connectivity index (χ1v) is 7.01. The number of hydrogen-bond acceptors (Lipinski definition) is 5. The molecule has 1 atom stereocenters. The Bertz CT molecular complexity index is 481. The van der Waals surface area contributed by atoms with Crippen LogP contribution in [0.4, 0.5) is 4.79 Å². The van der Waals surface area contributed by atoms with Crippen LogP contribution >= 0.6 is 0 Å². The summed E-state index contributed by atoms with van der Waals surface area (Å²) in [5.41, 5.74) is 0.431. The minimum atomic E-state index is -0.910. The largest absolute Gasteiger partial charge is 0.467 e. The van der Waals surface area contributed by atoms with Crippen LogP contribution in [0.2, 0.25) is 0 Å². The average molecular weight is 309 g/mol. The molecule has 0 aliphatic heterocycles. The van der Waals surface area contributed by atoms with Crippen LogP contribution in [0, 0.1) is 0 Å². The van der Waals surface area contributed by atoms with E-state index in [9.17, 15) is 9.59 Å². The van der Waals surface area contributed by atoms with Crippen molar-refractivity contribution in [1.29, 1.82) is 0 Å². The topological polar surface area (TPSA) is 73.9 Å². The van der Waals surface area contributed by atoms with Gasteiger partial charge in [0.15, 0.2) is 6.04 Å². The van der Waals surface area contributed by atoms with Crippen LogP contribution in [0.5, 0.6) is 0 Å². The quantitative estimate of drug-likeness (QED) is 0.816. The molecule has 22 heavy (non-hydrogen) atoms. The third-order valence-corrected chi connectivity index (χ3v) is 2.67. The Kier molecular flexibility index (Phi) is 6.85. The maximum atomic E-state index is 11.8. The summed E-state index contributed by atoms with van der Waals surface area (Å²) in [6, 6.07) is 8.35. The van der Waals surface area contributed by atoms with Gasteiger partial charge >= 0.3 is 12.1 Å². The van der Waals surface area contributed by atoms with Crippen molar-refractivity contribution in [3.8, 4) is 0 Å². The van der Waals surface area contributed by atoms with E-state index in [2.05, 4.69) is 10.1 Å². The maximum absolute atomic E-state index is 11.8. The number of ether oxygens (including phenoxy) is 3. The number of alkyl carbamates (subject to hydrolysis) is 1. The molecular weight excluding hydrogens is 286 g/mol. The zero-order chi connectivity index (χ0) is 16.6. The van der Waals surface area contributed by atoms with Gasteiger partial charge < -0.3 is 19.5 Å². The molecule has 0 bridgehead atoms. The smallest absolute Gasteiger partial charge is 0.408 e. The number of esters is 1. The Balaban J connectivity index is 2.50. The van der Waals surface area contributed by atoms with Crippen LogP contribution in [0.15, 0.2) is 30.3 Å². The Morgan fingerprint density at radius 1 is 1.18 bits per heavy atom. The average Bonchev–Trinajstić information content (AvgIpc) is 2.48. The molecule has 0 aliphatic rings. The van der Waals surface area contributed by atoms with Gasteiger partial charge in [-0.3, -0.25) is 0 Å². The van der Waals surface area contributed by atoms with Crippen LogP contribution < -0.4 is 5.32 Å². The molecule has 0 aromatic heterocycles. The first-order valence-electron chi connectivity index (χ1n) is 7.01. The molecule has 0 unspecified atom stereocenters. The van der Waals surface area contributed by atoms with Crippen molar-refractivity contribution in [1.82, 2.24) is 5.32 Å².